The fourth-order valence-corrected chi connectivity index (χ4v) is 2.30. The van der Waals surface area contributed by atoms with Gasteiger partial charge in [0.2, 0.25) is 0 Å². The van der Waals surface area contributed by atoms with Gasteiger partial charge in [-0.1, -0.05) is 12.1 Å². The lowest BCUT2D eigenvalue weighted by atomic mass is 10.1. The molecule has 0 aliphatic carbocycles. The zero-order valence-electron chi connectivity index (χ0n) is 15.7. The van der Waals surface area contributed by atoms with E-state index in [0.29, 0.717) is 35.9 Å². The molecule has 2 aromatic rings. The zero-order valence-corrected chi connectivity index (χ0v) is 15.7. The third-order valence-corrected chi connectivity index (χ3v) is 3.76. The lowest BCUT2D eigenvalue weighted by Gasteiger charge is -2.16. The Kier molecular flexibility index (Phi) is 7.63. The third kappa shape index (κ3) is 6.00. The van der Waals surface area contributed by atoms with E-state index in [0.717, 1.165) is 0 Å². The average molecular weight is 372 g/mol. The highest BCUT2D eigenvalue weighted by Crippen LogP contribution is 2.19. The van der Waals surface area contributed by atoms with Crippen molar-refractivity contribution in [2.75, 3.05) is 32.7 Å². The first-order valence-electron chi connectivity index (χ1n) is 8.53. The molecule has 2 aromatic carbocycles. The van der Waals surface area contributed by atoms with Crippen LogP contribution in [-0.4, -0.2) is 45.3 Å². The van der Waals surface area contributed by atoms with E-state index < -0.39 is 6.10 Å². The van der Waals surface area contributed by atoms with E-state index in [2.05, 4.69) is 10.6 Å². The fraction of sp³-hybridized carbons (Fsp3) is 0.300. The molecule has 7 nitrogen and oxygen atoms in total. The van der Waals surface area contributed by atoms with Crippen LogP contribution in [0.3, 0.4) is 0 Å². The maximum absolute atomic E-state index is 12.5. The SMILES string of the molecule is COCCNC(=O)c1ccccc1NC(=O)C(C)Oc1ccc(OC)cc1. The number of hydrogen-bond acceptors (Lipinski definition) is 5. The highest BCUT2D eigenvalue weighted by molar-refractivity contribution is 6.04. The van der Waals surface area contributed by atoms with Crippen LogP contribution in [0.1, 0.15) is 17.3 Å². The van der Waals surface area contributed by atoms with Gasteiger partial charge in [0.15, 0.2) is 6.10 Å². The van der Waals surface area contributed by atoms with Crippen LogP contribution in [-0.2, 0) is 9.53 Å². The molecule has 7 heteroatoms. The zero-order chi connectivity index (χ0) is 19.6. The molecule has 1 unspecified atom stereocenters. The molecule has 0 saturated carbocycles. The maximum atomic E-state index is 12.5. The van der Waals surface area contributed by atoms with Crippen LogP contribution in [0.25, 0.3) is 0 Å². The molecule has 0 aliphatic heterocycles. The van der Waals surface area contributed by atoms with Crippen LogP contribution in [0, 0.1) is 0 Å². The molecule has 27 heavy (non-hydrogen) atoms. The molecule has 0 aromatic heterocycles. The van der Waals surface area contributed by atoms with Crippen molar-refractivity contribution in [2.45, 2.75) is 13.0 Å². The van der Waals surface area contributed by atoms with Crippen LogP contribution in [0.5, 0.6) is 11.5 Å². The van der Waals surface area contributed by atoms with Crippen molar-refractivity contribution in [1.82, 2.24) is 5.32 Å². The highest BCUT2D eigenvalue weighted by atomic mass is 16.5. The second kappa shape index (κ2) is 10.2. The molecule has 2 amide bonds. The summed E-state index contributed by atoms with van der Waals surface area (Å²) in [6.45, 7) is 2.43. The van der Waals surface area contributed by atoms with Crippen molar-refractivity contribution in [1.29, 1.82) is 0 Å². The van der Waals surface area contributed by atoms with E-state index in [1.165, 1.54) is 0 Å². The number of para-hydroxylation sites is 1. The number of nitrogens with one attached hydrogen (secondary N) is 2. The molecule has 144 valence electrons. The van der Waals surface area contributed by atoms with Crippen molar-refractivity contribution in [3.63, 3.8) is 0 Å². The van der Waals surface area contributed by atoms with E-state index in [9.17, 15) is 9.59 Å². The summed E-state index contributed by atoms with van der Waals surface area (Å²) in [7, 11) is 3.14. The maximum Gasteiger partial charge on any atom is 0.265 e. The van der Waals surface area contributed by atoms with Crippen molar-refractivity contribution >= 4 is 17.5 Å². The molecule has 0 radical (unpaired) electrons. The summed E-state index contributed by atoms with van der Waals surface area (Å²) in [4.78, 5) is 24.7. The number of hydrogen-bond donors (Lipinski definition) is 2. The quantitative estimate of drug-likeness (QED) is 0.661. The van der Waals surface area contributed by atoms with Gasteiger partial charge in [-0.3, -0.25) is 9.59 Å². The number of benzene rings is 2. The molecule has 0 aliphatic rings. The summed E-state index contributed by atoms with van der Waals surface area (Å²) in [6, 6.07) is 13.7. The van der Waals surface area contributed by atoms with Crippen LogP contribution in [0.15, 0.2) is 48.5 Å². The molecule has 0 fully saturated rings. The number of rotatable bonds is 9. The molecule has 2 N–H and O–H groups in total. The molecular weight excluding hydrogens is 348 g/mol. The normalized spacial score (nSPS) is 11.4. The van der Waals surface area contributed by atoms with E-state index in [4.69, 9.17) is 14.2 Å². The van der Waals surface area contributed by atoms with Gasteiger partial charge < -0.3 is 24.8 Å². The Bertz CT molecular complexity index is 761. The number of carbonyl (C=O) groups is 2. The van der Waals surface area contributed by atoms with Gasteiger partial charge in [0.05, 0.1) is 25.0 Å². The van der Waals surface area contributed by atoms with Gasteiger partial charge in [-0.25, -0.2) is 0 Å². The molecule has 0 heterocycles. The van der Waals surface area contributed by atoms with E-state index >= 15 is 0 Å². The molecule has 2 rings (SSSR count). The van der Waals surface area contributed by atoms with Crippen LogP contribution < -0.4 is 20.1 Å². The average Bonchev–Trinajstić information content (AvgIpc) is 2.69. The predicted octanol–water partition coefficient (Wildman–Crippen LogP) is 2.48. The van der Waals surface area contributed by atoms with Crippen molar-refractivity contribution in [3.05, 3.63) is 54.1 Å². The minimum atomic E-state index is -0.747. The predicted molar refractivity (Wildman–Crippen MR) is 102 cm³/mol. The minimum Gasteiger partial charge on any atom is -0.497 e. The molecule has 0 saturated heterocycles. The second-order valence-electron chi connectivity index (χ2n) is 5.72. The summed E-state index contributed by atoms with van der Waals surface area (Å²) >= 11 is 0. The van der Waals surface area contributed by atoms with E-state index in [1.54, 1.807) is 69.7 Å². The number of amides is 2. The lowest BCUT2D eigenvalue weighted by Crippen LogP contribution is -2.32. The van der Waals surface area contributed by atoms with Crippen molar-refractivity contribution in [2.24, 2.45) is 0 Å². The Morgan fingerprint density at radius 3 is 2.33 bits per heavy atom. The van der Waals surface area contributed by atoms with Crippen LogP contribution in [0.2, 0.25) is 0 Å². The van der Waals surface area contributed by atoms with E-state index in [-0.39, 0.29) is 11.8 Å². The number of anilines is 1. The number of methoxy groups -OCH3 is 2. The number of ether oxygens (including phenoxy) is 3. The summed E-state index contributed by atoms with van der Waals surface area (Å²) in [5.74, 6) is 0.603. The minimum absolute atomic E-state index is 0.285. The van der Waals surface area contributed by atoms with Gasteiger partial charge in [-0.2, -0.15) is 0 Å². The summed E-state index contributed by atoms with van der Waals surface area (Å²) in [5, 5.41) is 5.48. The molecule has 0 bridgehead atoms. The Balaban J connectivity index is 2.00. The van der Waals surface area contributed by atoms with E-state index in [1.807, 2.05) is 0 Å². The first-order chi connectivity index (χ1) is 13.0. The molecular formula is C20H24N2O5. The monoisotopic (exact) mass is 372 g/mol. The fourth-order valence-electron chi connectivity index (χ4n) is 2.30. The largest absolute Gasteiger partial charge is 0.497 e. The van der Waals surface area contributed by atoms with Crippen molar-refractivity contribution < 1.29 is 23.8 Å². The molecule has 1 atom stereocenters. The standard InChI is InChI=1S/C20H24N2O5/c1-14(27-16-10-8-15(26-3)9-11-16)19(23)22-18-7-5-4-6-17(18)20(24)21-12-13-25-2/h4-11,14H,12-13H2,1-3H3,(H,21,24)(H,22,23). The molecule has 0 spiro atoms. The highest BCUT2D eigenvalue weighted by Gasteiger charge is 2.18. The van der Waals surface area contributed by atoms with Gasteiger partial charge in [0.25, 0.3) is 11.8 Å². The van der Waals surface area contributed by atoms with Gasteiger partial charge in [-0.15, -0.1) is 0 Å². The smallest absolute Gasteiger partial charge is 0.265 e. The van der Waals surface area contributed by atoms with Crippen LogP contribution >= 0.6 is 0 Å². The van der Waals surface area contributed by atoms with Gasteiger partial charge >= 0.3 is 0 Å². The first kappa shape index (κ1) is 20.3. The topological polar surface area (TPSA) is 85.9 Å². The van der Waals surface area contributed by atoms with Crippen molar-refractivity contribution in [3.8, 4) is 11.5 Å². The van der Waals surface area contributed by atoms with Gasteiger partial charge in [0, 0.05) is 13.7 Å². The Labute approximate surface area is 158 Å². The first-order valence-corrected chi connectivity index (χ1v) is 8.53. The number of carbonyl (C=O) groups excluding carboxylic acids is 2. The Morgan fingerprint density at radius 1 is 1.00 bits per heavy atom. The Hall–Kier alpha value is -3.06. The summed E-state index contributed by atoms with van der Waals surface area (Å²) in [5.41, 5.74) is 0.793. The Morgan fingerprint density at radius 2 is 1.67 bits per heavy atom. The van der Waals surface area contributed by atoms with Gasteiger partial charge in [-0.05, 0) is 43.3 Å². The van der Waals surface area contributed by atoms with Crippen LogP contribution in [0.4, 0.5) is 5.69 Å². The summed E-state index contributed by atoms with van der Waals surface area (Å²) in [6.07, 6.45) is -0.747. The third-order valence-electron chi connectivity index (χ3n) is 3.76. The summed E-state index contributed by atoms with van der Waals surface area (Å²) < 4.78 is 15.7. The lowest BCUT2D eigenvalue weighted by molar-refractivity contribution is -0.122. The second-order valence-corrected chi connectivity index (χ2v) is 5.72. The van der Waals surface area contributed by atoms with Gasteiger partial charge in [0.1, 0.15) is 11.5 Å².